The van der Waals surface area contributed by atoms with Crippen molar-refractivity contribution in [3.8, 4) is 0 Å². The van der Waals surface area contributed by atoms with Crippen LogP contribution in [0.4, 0.5) is 0 Å². The largest absolute Gasteiger partial charge is 0.313 e. The second-order valence-electron chi connectivity index (χ2n) is 2.25. The fourth-order valence-electron chi connectivity index (χ4n) is 0.718. The quantitative estimate of drug-likeness (QED) is 0.684. The SMILES string of the molecule is CNCC(=O)c1nc(C)cs1. The molecule has 0 amide bonds. The highest BCUT2D eigenvalue weighted by Crippen LogP contribution is 2.08. The van der Waals surface area contributed by atoms with Gasteiger partial charge in [0.2, 0.25) is 5.78 Å². The predicted octanol–water partition coefficient (Wildman–Crippen LogP) is 0.854. The van der Waals surface area contributed by atoms with Gasteiger partial charge in [0.05, 0.1) is 6.54 Å². The van der Waals surface area contributed by atoms with Crippen molar-refractivity contribution < 1.29 is 4.79 Å². The average Bonchev–Trinajstić information content (AvgIpc) is 2.36. The van der Waals surface area contributed by atoms with Gasteiger partial charge in [-0.3, -0.25) is 4.79 Å². The second-order valence-corrected chi connectivity index (χ2v) is 3.11. The van der Waals surface area contributed by atoms with Crippen LogP contribution in [0.2, 0.25) is 0 Å². The van der Waals surface area contributed by atoms with Crippen molar-refractivity contribution in [1.29, 1.82) is 0 Å². The Balaban J connectivity index is 2.69. The molecule has 11 heavy (non-hydrogen) atoms. The van der Waals surface area contributed by atoms with E-state index in [9.17, 15) is 4.79 Å². The summed E-state index contributed by atoms with van der Waals surface area (Å²) in [7, 11) is 1.75. The van der Waals surface area contributed by atoms with Gasteiger partial charge in [0.15, 0.2) is 5.01 Å². The number of ketones is 1. The van der Waals surface area contributed by atoms with Crippen molar-refractivity contribution in [3.05, 3.63) is 16.1 Å². The number of rotatable bonds is 3. The van der Waals surface area contributed by atoms with E-state index < -0.39 is 0 Å². The molecule has 0 fully saturated rings. The van der Waals surface area contributed by atoms with E-state index in [4.69, 9.17) is 0 Å². The van der Waals surface area contributed by atoms with Crippen LogP contribution in [-0.2, 0) is 0 Å². The lowest BCUT2D eigenvalue weighted by molar-refractivity contribution is 0.0993. The van der Waals surface area contributed by atoms with E-state index in [1.807, 2.05) is 12.3 Å². The molecule has 60 valence electrons. The number of carbonyl (C=O) groups is 1. The fourth-order valence-corrected chi connectivity index (χ4v) is 1.45. The molecule has 1 heterocycles. The normalized spacial score (nSPS) is 10.0. The summed E-state index contributed by atoms with van der Waals surface area (Å²) < 4.78 is 0. The van der Waals surface area contributed by atoms with Crippen LogP contribution < -0.4 is 5.32 Å². The highest BCUT2D eigenvalue weighted by molar-refractivity contribution is 7.11. The van der Waals surface area contributed by atoms with Gasteiger partial charge in [-0.25, -0.2) is 4.98 Å². The van der Waals surface area contributed by atoms with Crippen molar-refractivity contribution in [3.63, 3.8) is 0 Å². The molecular weight excluding hydrogens is 160 g/mol. The lowest BCUT2D eigenvalue weighted by Gasteiger charge is -1.92. The van der Waals surface area contributed by atoms with Crippen LogP contribution in [0.3, 0.4) is 0 Å². The zero-order chi connectivity index (χ0) is 8.27. The summed E-state index contributed by atoms with van der Waals surface area (Å²) >= 11 is 1.40. The summed E-state index contributed by atoms with van der Waals surface area (Å²) in [5.74, 6) is 0.0607. The van der Waals surface area contributed by atoms with Gasteiger partial charge in [-0.15, -0.1) is 11.3 Å². The second kappa shape index (κ2) is 3.59. The van der Waals surface area contributed by atoms with Crippen LogP contribution in [0.15, 0.2) is 5.38 Å². The smallest absolute Gasteiger partial charge is 0.205 e. The molecule has 0 atom stereocenters. The molecule has 0 radical (unpaired) electrons. The van der Waals surface area contributed by atoms with Crippen LogP contribution in [0.25, 0.3) is 0 Å². The van der Waals surface area contributed by atoms with E-state index in [1.54, 1.807) is 7.05 Å². The minimum atomic E-state index is 0.0607. The number of Topliss-reactive ketones (excluding diaryl/α,β-unsaturated/α-hetero) is 1. The lowest BCUT2D eigenvalue weighted by atomic mass is 10.4. The molecule has 4 heteroatoms. The Hall–Kier alpha value is -0.740. The summed E-state index contributed by atoms with van der Waals surface area (Å²) in [4.78, 5) is 15.2. The van der Waals surface area contributed by atoms with Gasteiger partial charge in [0.1, 0.15) is 0 Å². The number of hydrogen-bond acceptors (Lipinski definition) is 4. The fraction of sp³-hybridized carbons (Fsp3) is 0.429. The molecule has 0 aliphatic heterocycles. The molecular formula is C7H10N2OS. The number of carbonyl (C=O) groups excluding carboxylic acids is 1. The molecule has 3 nitrogen and oxygen atoms in total. The molecule has 1 N–H and O–H groups in total. The first kappa shape index (κ1) is 8.36. The van der Waals surface area contributed by atoms with Gasteiger partial charge in [0, 0.05) is 11.1 Å². The van der Waals surface area contributed by atoms with Gasteiger partial charge in [-0.05, 0) is 14.0 Å². The molecule has 0 bridgehead atoms. The summed E-state index contributed by atoms with van der Waals surface area (Å²) in [6.45, 7) is 2.25. The molecule has 0 saturated heterocycles. The van der Waals surface area contributed by atoms with Crippen molar-refractivity contribution in [1.82, 2.24) is 10.3 Å². The van der Waals surface area contributed by atoms with Gasteiger partial charge >= 0.3 is 0 Å². The Kier molecular flexibility index (Phi) is 2.73. The summed E-state index contributed by atoms with van der Waals surface area (Å²) in [5.41, 5.74) is 0.912. The van der Waals surface area contributed by atoms with E-state index in [-0.39, 0.29) is 5.78 Å². The number of likely N-dealkylation sites (N-methyl/N-ethyl adjacent to an activating group) is 1. The summed E-state index contributed by atoms with van der Waals surface area (Å²) in [6, 6.07) is 0. The zero-order valence-electron chi connectivity index (χ0n) is 6.55. The van der Waals surface area contributed by atoms with E-state index in [1.165, 1.54) is 11.3 Å². The molecule has 1 aromatic rings. The first-order valence-corrected chi connectivity index (χ1v) is 4.22. The highest BCUT2D eigenvalue weighted by Gasteiger charge is 2.07. The molecule has 0 spiro atoms. The van der Waals surface area contributed by atoms with Gasteiger partial charge < -0.3 is 5.32 Å². The Labute approximate surface area is 69.5 Å². The lowest BCUT2D eigenvalue weighted by Crippen LogP contribution is -2.18. The van der Waals surface area contributed by atoms with Crippen LogP contribution in [0, 0.1) is 6.92 Å². The number of thiazole rings is 1. The Morgan fingerprint density at radius 3 is 3.00 bits per heavy atom. The topological polar surface area (TPSA) is 42.0 Å². The van der Waals surface area contributed by atoms with Crippen LogP contribution in [-0.4, -0.2) is 24.4 Å². The van der Waals surface area contributed by atoms with Gasteiger partial charge in [-0.2, -0.15) is 0 Å². The molecule has 1 aromatic heterocycles. The Bertz CT molecular complexity index is 257. The predicted molar refractivity (Wildman–Crippen MR) is 45.1 cm³/mol. The van der Waals surface area contributed by atoms with Crippen LogP contribution >= 0.6 is 11.3 Å². The van der Waals surface area contributed by atoms with Crippen molar-refractivity contribution in [2.24, 2.45) is 0 Å². The van der Waals surface area contributed by atoms with Gasteiger partial charge in [0.25, 0.3) is 0 Å². The summed E-state index contributed by atoms with van der Waals surface area (Å²) in [6.07, 6.45) is 0. The third-order valence-electron chi connectivity index (χ3n) is 1.19. The molecule has 0 unspecified atom stereocenters. The zero-order valence-corrected chi connectivity index (χ0v) is 7.36. The third-order valence-corrected chi connectivity index (χ3v) is 2.20. The van der Waals surface area contributed by atoms with Crippen LogP contribution in [0.5, 0.6) is 0 Å². The number of aryl methyl sites for hydroxylation is 1. The van der Waals surface area contributed by atoms with Gasteiger partial charge in [-0.1, -0.05) is 0 Å². The number of nitrogens with one attached hydrogen (secondary N) is 1. The monoisotopic (exact) mass is 170 g/mol. The Morgan fingerprint density at radius 1 is 1.82 bits per heavy atom. The maximum atomic E-state index is 11.1. The van der Waals surface area contributed by atoms with Crippen LogP contribution in [0.1, 0.15) is 15.5 Å². The first-order valence-electron chi connectivity index (χ1n) is 3.34. The molecule has 1 rings (SSSR count). The summed E-state index contributed by atoms with van der Waals surface area (Å²) in [5, 5.41) is 5.26. The van der Waals surface area contributed by atoms with Crippen molar-refractivity contribution >= 4 is 17.1 Å². The van der Waals surface area contributed by atoms with Crippen molar-refractivity contribution in [2.45, 2.75) is 6.92 Å². The number of hydrogen-bond donors (Lipinski definition) is 1. The number of nitrogens with zero attached hydrogens (tertiary/aromatic N) is 1. The van der Waals surface area contributed by atoms with E-state index in [0.717, 1.165) is 5.69 Å². The maximum Gasteiger partial charge on any atom is 0.205 e. The number of aromatic nitrogens is 1. The molecule has 0 saturated carbocycles. The first-order chi connectivity index (χ1) is 5.24. The molecule has 0 aromatic carbocycles. The Morgan fingerprint density at radius 2 is 2.55 bits per heavy atom. The highest BCUT2D eigenvalue weighted by atomic mass is 32.1. The minimum absolute atomic E-state index is 0.0607. The van der Waals surface area contributed by atoms with E-state index in [0.29, 0.717) is 11.6 Å². The third kappa shape index (κ3) is 2.10. The standard InChI is InChI=1S/C7H10N2OS/c1-5-4-11-7(9-5)6(10)3-8-2/h4,8H,3H2,1-2H3. The van der Waals surface area contributed by atoms with E-state index >= 15 is 0 Å². The minimum Gasteiger partial charge on any atom is -0.313 e. The maximum absolute atomic E-state index is 11.1. The molecule has 0 aliphatic carbocycles. The van der Waals surface area contributed by atoms with E-state index in [2.05, 4.69) is 10.3 Å². The van der Waals surface area contributed by atoms with Crippen molar-refractivity contribution in [2.75, 3.05) is 13.6 Å². The molecule has 0 aliphatic rings. The average molecular weight is 170 g/mol.